The van der Waals surface area contributed by atoms with Crippen LogP contribution in [0.1, 0.15) is 30.9 Å². The minimum Gasteiger partial charge on any atom is -0.489 e. The van der Waals surface area contributed by atoms with Crippen molar-refractivity contribution in [1.82, 2.24) is 0 Å². The van der Waals surface area contributed by atoms with Gasteiger partial charge in [0.1, 0.15) is 12.4 Å². The standard InChI is InChI=1S/C19H22O3/c1-15(7-12-19(20)21)13-16-8-10-18(11-9-16)22-14-17-5-3-2-4-6-17/h2-6,8-11,15H,7,12-14H2,1H3,(H,20,21)/t15-/m1/s1. The Kier molecular flexibility index (Phi) is 6.01. The Balaban J connectivity index is 1.81. The van der Waals surface area contributed by atoms with Crippen molar-refractivity contribution in [3.8, 4) is 5.75 Å². The van der Waals surface area contributed by atoms with Crippen molar-refractivity contribution in [3.05, 3.63) is 65.7 Å². The highest BCUT2D eigenvalue weighted by Gasteiger charge is 2.07. The summed E-state index contributed by atoms with van der Waals surface area (Å²) in [6.45, 7) is 2.65. The Morgan fingerprint density at radius 1 is 1.05 bits per heavy atom. The summed E-state index contributed by atoms with van der Waals surface area (Å²) in [5.74, 6) is 0.495. The molecule has 0 unspecified atom stereocenters. The molecule has 0 aromatic heterocycles. The number of carbonyl (C=O) groups is 1. The third-order valence-corrected chi connectivity index (χ3v) is 3.61. The van der Waals surface area contributed by atoms with Crippen LogP contribution < -0.4 is 4.74 Å². The number of aliphatic carboxylic acids is 1. The van der Waals surface area contributed by atoms with Gasteiger partial charge in [0, 0.05) is 6.42 Å². The van der Waals surface area contributed by atoms with Crippen LogP contribution in [-0.2, 0) is 17.8 Å². The van der Waals surface area contributed by atoms with Gasteiger partial charge in [-0.05, 0) is 42.0 Å². The summed E-state index contributed by atoms with van der Waals surface area (Å²) in [4.78, 5) is 10.6. The van der Waals surface area contributed by atoms with E-state index >= 15 is 0 Å². The predicted octanol–water partition coefficient (Wildman–Crippen LogP) is 4.31. The van der Waals surface area contributed by atoms with E-state index in [2.05, 4.69) is 19.1 Å². The second-order valence-electron chi connectivity index (χ2n) is 5.66. The van der Waals surface area contributed by atoms with Gasteiger partial charge in [-0.15, -0.1) is 0 Å². The van der Waals surface area contributed by atoms with E-state index < -0.39 is 5.97 Å². The molecule has 3 heteroatoms. The topological polar surface area (TPSA) is 46.5 Å². The van der Waals surface area contributed by atoms with Crippen LogP contribution in [-0.4, -0.2) is 11.1 Å². The highest BCUT2D eigenvalue weighted by atomic mass is 16.5. The molecule has 2 rings (SSSR count). The largest absolute Gasteiger partial charge is 0.489 e. The van der Waals surface area contributed by atoms with Crippen LogP contribution in [0.3, 0.4) is 0 Å². The van der Waals surface area contributed by atoms with Crippen molar-refractivity contribution in [2.75, 3.05) is 0 Å². The van der Waals surface area contributed by atoms with Crippen molar-refractivity contribution in [1.29, 1.82) is 0 Å². The van der Waals surface area contributed by atoms with Crippen molar-refractivity contribution in [3.63, 3.8) is 0 Å². The lowest BCUT2D eigenvalue weighted by Gasteiger charge is -2.11. The molecule has 22 heavy (non-hydrogen) atoms. The van der Waals surface area contributed by atoms with E-state index in [0.29, 0.717) is 18.9 Å². The zero-order chi connectivity index (χ0) is 15.8. The highest BCUT2D eigenvalue weighted by Crippen LogP contribution is 2.18. The van der Waals surface area contributed by atoms with Crippen LogP contribution in [0.5, 0.6) is 5.75 Å². The highest BCUT2D eigenvalue weighted by molar-refractivity contribution is 5.66. The van der Waals surface area contributed by atoms with Crippen molar-refractivity contribution < 1.29 is 14.6 Å². The number of carboxylic acids is 1. The molecule has 0 heterocycles. The first kappa shape index (κ1) is 16.1. The molecule has 0 spiro atoms. The van der Waals surface area contributed by atoms with Crippen LogP contribution in [0, 0.1) is 5.92 Å². The van der Waals surface area contributed by atoms with E-state index in [9.17, 15) is 4.79 Å². The summed E-state index contributed by atoms with van der Waals surface area (Å²) in [7, 11) is 0. The van der Waals surface area contributed by atoms with Gasteiger partial charge in [-0.25, -0.2) is 0 Å². The summed E-state index contributed by atoms with van der Waals surface area (Å²) < 4.78 is 5.75. The molecule has 0 saturated carbocycles. The fourth-order valence-electron chi connectivity index (χ4n) is 2.34. The van der Waals surface area contributed by atoms with Crippen molar-refractivity contribution in [2.24, 2.45) is 5.92 Å². The van der Waals surface area contributed by atoms with E-state index in [0.717, 1.165) is 17.7 Å². The number of rotatable bonds is 8. The van der Waals surface area contributed by atoms with Gasteiger partial charge < -0.3 is 9.84 Å². The Bertz CT molecular complexity index is 575. The Labute approximate surface area is 131 Å². The van der Waals surface area contributed by atoms with Crippen LogP contribution in [0.2, 0.25) is 0 Å². The van der Waals surface area contributed by atoms with Crippen LogP contribution in [0.15, 0.2) is 54.6 Å². The number of hydrogen-bond acceptors (Lipinski definition) is 2. The molecule has 0 radical (unpaired) electrons. The first-order valence-corrected chi connectivity index (χ1v) is 7.61. The van der Waals surface area contributed by atoms with Crippen molar-refractivity contribution >= 4 is 5.97 Å². The molecule has 116 valence electrons. The normalized spacial score (nSPS) is 11.9. The molecule has 1 N–H and O–H groups in total. The molecule has 2 aromatic carbocycles. The maximum atomic E-state index is 10.6. The predicted molar refractivity (Wildman–Crippen MR) is 87.0 cm³/mol. The monoisotopic (exact) mass is 298 g/mol. The van der Waals surface area contributed by atoms with E-state index in [1.54, 1.807) is 0 Å². The third-order valence-electron chi connectivity index (χ3n) is 3.61. The van der Waals surface area contributed by atoms with E-state index in [4.69, 9.17) is 9.84 Å². The molecule has 1 atom stereocenters. The van der Waals surface area contributed by atoms with Gasteiger partial charge in [-0.2, -0.15) is 0 Å². The molecule has 2 aromatic rings. The second kappa shape index (κ2) is 8.23. The summed E-state index contributed by atoms with van der Waals surface area (Å²) in [5, 5.41) is 8.70. The minimum atomic E-state index is -0.725. The molecule has 0 saturated heterocycles. The second-order valence-corrected chi connectivity index (χ2v) is 5.66. The zero-order valence-corrected chi connectivity index (χ0v) is 12.9. The average Bonchev–Trinajstić information content (AvgIpc) is 2.53. The molecule has 3 nitrogen and oxygen atoms in total. The van der Waals surface area contributed by atoms with Gasteiger partial charge in [-0.1, -0.05) is 49.4 Å². The zero-order valence-electron chi connectivity index (χ0n) is 12.9. The third kappa shape index (κ3) is 5.60. The fraction of sp³-hybridized carbons (Fsp3) is 0.316. The van der Waals surface area contributed by atoms with E-state index in [1.807, 2.05) is 42.5 Å². The molecule has 0 aliphatic heterocycles. The van der Waals surface area contributed by atoms with Crippen LogP contribution in [0.25, 0.3) is 0 Å². The minimum absolute atomic E-state index is 0.236. The van der Waals surface area contributed by atoms with Gasteiger partial charge in [0.2, 0.25) is 0 Å². The number of benzene rings is 2. The maximum Gasteiger partial charge on any atom is 0.303 e. The molecule has 0 aliphatic carbocycles. The quantitative estimate of drug-likeness (QED) is 0.790. The first-order chi connectivity index (χ1) is 10.6. The number of ether oxygens (including phenoxy) is 1. The SMILES string of the molecule is C[C@H](CCC(=O)O)Cc1ccc(OCc2ccccc2)cc1. The lowest BCUT2D eigenvalue weighted by molar-refractivity contribution is -0.137. The fourth-order valence-corrected chi connectivity index (χ4v) is 2.34. The van der Waals surface area contributed by atoms with Gasteiger partial charge in [0.05, 0.1) is 0 Å². The van der Waals surface area contributed by atoms with Crippen LogP contribution >= 0.6 is 0 Å². The Morgan fingerprint density at radius 2 is 1.73 bits per heavy atom. The molecule has 0 amide bonds. The molecular formula is C19H22O3. The summed E-state index contributed by atoms with van der Waals surface area (Å²) in [6, 6.07) is 18.1. The smallest absolute Gasteiger partial charge is 0.303 e. The Hall–Kier alpha value is -2.29. The molecular weight excluding hydrogens is 276 g/mol. The Morgan fingerprint density at radius 3 is 2.36 bits per heavy atom. The van der Waals surface area contributed by atoms with Gasteiger partial charge in [0.25, 0.3) is 0 Å². The first-order valence-electron chi connectivity index (χ1n) is 7.61. The molecule has 0 bridgehead atoms. The van der Waals surface area contributed by atoms with E-state index in [1.165, 1.54) is 5.56 Å². The van der Waals surface area contributed by atoms with E-state index in [-0.39, 0.29) is 6.42 Å². The summed E-state index contributed by atoms with van der Waals surface area (Å²) in [6.07, 6.45) is 1.84. The lowest BCUT2D eigenvalue weighted by atomic mass is 9.97. The average molecular weight is 298 g/mol. The molecule has 0 fully saturated rings. The van der Waals surface area contributed by atoms with Crippen LogP contribution in [0.4, 0.5) is 0 Å². The lowest BCUT2D eigenvalue weighted by Crippen LogP contribution is -2.04. The maximum absolute atomic E-state index is 10.6. The van der Waals surface area contributed by atoms with Crippen molar-refractivity contribution in [2.45, 2.75) is 32.8 Å². The van der Waals surface area contributed by atoms with Gasteiger partial charge in [0.15, 0.2) is 0 Å². The number of hydrogen-bond donors (Lipinski definition) is 1. The summed E-state index contributed by atoms with van der Waals surface area (Å²) in [5.41, 5.74) is 2.36. The molecule has 0 aliphatic rings. The summed E-state index contributed by atoms with van der Waals surface area (Å²) >= 11 is 0. The number of carboxylic acid groups (broad SMARTS) is 1. The van der Waals surface area contributed by atoms with Gasteiger partial charge >= 0.3 is 5.97 Å². The van der Waals surface area contributed by atoms with Gasteiger partial charge in [-0.3, -0.25) is 4.79 Å².